The van der Waals surface area contributed by atoms with Crippen molar-refractivity contribution in [2.45, 2.75) is 24.3 Å². The Labute approximate surface area is 162 Å². The number of nitrogens with zero attached hydrogens (tertiary/aromatic N) is 4. The predicted molar refractivity (Wildman–Crippen MR) is 106 cm³/mol. The summed E-state index contributed by atoms with van der Waals surface area (Å²) in [5.74, 6) is 0.571. The molecular formula is C20H19N5OS. The van der Waals surface area contributed by atoms with Gasteiger partial charge in [0, 0.05) is 12.6 Å². The third kappa shape index (κ3) is 4.01. The van der Waals surface area contributed by atoms with E-state index in [1.54, 1.807) is 31.2 Å². The normalized spacial score (nSPS) is 11.6. The molecule has 0 saturated carbocycles. The number of hydrogen-bond donors (Lipinski definition) is 1. The van der Waals surface area contributed by atoms with Crippen LogP contribution in [0.4, 0.5) is 5.69 Å². The molecule has 0 aliphatic carbocycles. The maximum absolute atomic E-state index is 12.5. The molecule has 1 heterocycles. The molecule has 27 heavy (non-hydrogen) atoms. The molecule has 1 unspecified atom stereocenters. The molecule has 136 valence electrons. The Bertz CT molecular complexity index is 1020. The minimum Gasteiger partial charge on any atom is -0.324 e. The number of aryl methyl sites for hydroxylation is 1. The van der Waals surface area contributed by atoms with Crippen LogP contribution >= 0.6 is 11.8 Å². The topological polar surface area (TPSA) is 83.6 Å². The maximum atomic E-state index is 12.5. The summed E-state index contributed by atoms with van der Waals surface area (Å²) in [4.78, 5) is 12.5. The molecule has 3 rings (SSSR count). The molecule has 1 N–H and O–H groups in total. The van der Waals surface area contributed by atoms with Gasteiger partial charge in [-0.25, -0.2) is 0 Å². The molecule has 0 aliphatic rings. The molecule has 0 spiro atoms. The van der Waals surface area contributed by atoms with Crippen molar-refractivity contribution in [3.05, 3.63) is 59.7 Å². The number of aromatic nitrogens is 3. The summed E-state index contributed by atoms with van der Waals surface area (Å²) >= 11 is 1.33. The van der Waals surface area contributed by atoms with Crippen LogP contribution in [0.2, 0.25) is 0 Å². The quantitative estimate of drug-likeness (QED) is 0.684. The highest BCUT2D eigenvalue weighted by Crippen LogP contribution is 2.28. The van der Waals surface area contributed by atoms with E-state index < -0.39 is 5.25 Å². The van der Waals surface area contributed by atoms with Crippen LogP contribution in [0, 0.1) is 18.3 Å². The van der Waals surface area contributed by atoms with E-state index in [0.717, 1.165) is 17.0 Å². The molecule has 1 aromatic heterocycles. The summed E-state index contributed by atoms with van der Waals surface area (Å²) in [6.07, 6.45) is 0. The average molecular weight is 377 g/mol. The van der Waals surface area contributed by atoms with Crippen LogP contribution in [0.3, 0.4) is 0 Å². The predicted octanol–water partition coefficient (Wildman–Crippen LogP) is 3.78. The number of carbonyl (C=O) groups is 1. The third-order valence-electron chi connectivity index (χ3n) is 4.18. The van der Waals surface area contributed by atoms with Crippen LogP contribution in [0.15, 0.2) is 53.7 Å². The summed E-state index contributed by atoms with van der Waals surface area (Å²) in [5, 5.41) is 20.7. The Kier molecular flexibility index (Phi) is 5.57. The van der Waals surface area contributed by atoms with Crippen molar-refractivity contribution in [3.63, 3.8) is 0 Å². The van der Waals surface area contributed by atoms with Crippen LogP contribution < -0.4 is 5.32 Å². The first-order chi connectivity index (χ1) is 13.0. The Hall–Kier alpha value is -3.11. The first-order valence-corrected chi connectivity index (χ1v) is 9.31. The fraction of sp³-hybridized carbons (Fsp3) is 0.200. The third-order valence-corrected chi connectivity index (χ3v) is 5.31. The summed E-state index contributed by atoms with van der Waals surface area (Å²) in [6, 6.07) is 17.0. The summed E-state index contributed by atoms with van der Waals surface area (Å²) < 4.78 is 1.89. The zero-order valence-corrected chi connectivity index (χ0v) is 16.1. The van der Waals surface area contributed by atoms with Crippen molar-refractivity contribution in [2.75, 3.05) is 5.32 Å². The van der Waals surface area contributed by atoms with E-state index in [2.05, 4.69) is 21.6 Å². The van der Waals surface area contributed by atoms with Crippen molar-refractivity contribution in [1.29, 1.82) is 5.26 Å². The molecular weight excluding hydrogens is 358 g/mol. The molecule has 0 aliphatic heterocycles. The number of anilines is 1. The van der Waals surface area contributed by atoms with E-state index in [1.807, 2.05) is 42.8 Å². The number of nitriles is 1. The lowest BCUT2D eigenvalue weighted by molar-refractivity contribution is -0.115. The minimum atomic E-state index is -0.399. The number of thioether (sulfide) groups is 1. The first-order valence-electron chi connectivity index (χ1n) is 8.43. The number of rotatable bonds is 5. The molecule has 0 radical (unpaired) electrons. The SMILES string of the molecule is Cc1ccccc1-c1nnc(SC(C)C(=O)Nc2ccccc2C#N)n1C. The summed E-state index contributed by atoms with van der Waals surface area (Å²) in [7, 11) is 1.89. The second-order valence-electron chi connectivity index (χ2n) is 6.09. The highest BCUT2D eigenvalue weighted by atomic mass is 32.2. The largest absolute Gasteiger partial charge is 0.324 e. The molecule has 7 heteroatoms. The van der Waals surface area contributed by atoms with E-state index >= 15 is 0 Å². The number of benzene rings is 2. The Balaban J connectivity index is 1.75. The van der Waals surface area contributed by atoms with Gasteiger partial charge in [-0.15, -0.1) is 10.2 Å². The molecule has 0 fully saturated rings. The fourth-order valence-corrected chi connectivity index (χ4v) is 3.43. The van der Waals surface area contributed by atoms with E-state index in [4.69, 9.17) is 5.26 Å². The number of carbonyl (C=O) groups excluding carboxylic acids is 1. The van der Waals surface area contributed by atoms with Gasteiger partial charge < -0.3 is 9.88 Å². The van der Waals surface area contributed by atoms with Crippen LogP contribution in [0.1, 0.15) is 18.1 Å². The Morgan fingerprint density at radius 2 is 1.89 bits per heavy atom. The summed E-state index contributed by atoms with van der Waals surface area (Å²) in [5.41, 5.74) is 3.07. The molecule has 1 atom stereocenters. The highest BCUT2D eigenvalue weighted by molar-refractivity contribution is 8.00. The van der Waals surface area contributed by atoms with Gasteiger partial charge in [-0.3, -0.25) is 4.79 Å². The number of hydrogen-bond acceptors (Lipinski definition) is 5. The minimum absolute atomic E-state index is 0.192. The number of nitrogens with one attached hydrogen (secondary N) is 1. The van der Waals surface area contributed by atoms with E-state index in [0.29, 0.717) is 16.4 Å². The van der Waals surface area contributed by atoms with Gasteiger partial charge in [-0.2, -0.15) is 5.26 Å². The lowest BCUT2D eigenvalue weighted by atomic mass is 10.1. The molecule has 3 aromatic rings. The van der Waals surface area contributed by atoms with E-state index in [1.165, 1.54) is 11.8 Å². The average Bonchev–Trinajstić information content (AvgIpc) is 3.03. The highest BCUT2D eigenvalue weighted by Gasteiger charge is 2.20. The second-order valence-corrected chi connectivity index (χ2v) is 7.39. The Morgan fingerprint density at radius 3 is 2.63 bits per heavy atom. The van der Waals surface area contributed by atoms with Crippen molar-refractivity contribution < 1.29 is 4.79 Å². The fourth-order valence-electron chi connectivity index (χ4n) is 2.61. The van der Waals surface area contributed by atoms with Gasteiger partial charge in [0.1, 0.15) is 6.07 Å². The first kappa shape index (κ1) is 18.7. The number of para-hydroxylation sites is 1. The van der Waals surface area contributed by atoms with Crippen molar-refractivity contribution in [2.24, 2.45) is 7.05 Å². The van der Waals surface area contributed by atoms with Crippen molar-refractivity contribution in [1.82, 2.24) is 14.8 Å². The van der Waals surface area contributed by atoms with Gasteiger partial charge in [0.15, 0.2) is 11.0 Å². The van der Waals surface area contributed by atoms with Gasteiger partial charge in [0.2, 0.25) is 5.91 Å². The lowest BCUT2D eigenvalue weighted by Crippen LogP contribution is -2.23. The molecule has 0 saturated heterocycles. The van der Waals surface area contributed by atoms with E-state index in [-0.39, 0.29) is 5.91 Å². The van der Waals surface area contributed by atoms with Crippen molar-refractivity contribution in [3.8, 4) is 17.5 Å². The van der Waals surface area contributed by atoms with Gasteiger partial charge in [0.25, 0.3) is 0 Å². The maximum Gasteiger partial charge on any atom is 0.237 e. The van der Waals surface area contributed by atoms with Gasteiger partial charge >= 0.3 is 0 Å². The monoisotopic (exact) mass is 377 g/mol. The van der Waals surface area contributed by atoms with Gasteiger partial charge in [-0.05, 0) is 31.5 Å². The Morgan fingerprint density at radius 1 is 1.19 bits per heavy atom. The van der Waals surface area contributed by atoms with Crippen LogP contribution in [0.5, 0.6) is 0 Å². The lowest BCUT2D eigenvalue weighted by Gasteiger charge is -2.12. The number of amides is 1. The molecule has 1 amide bonds. The zero-order chi connectivity index (χ0) is 19.4. The van der Waals surface area contributed by atoms with Crippen LogP contribution in [0.25, 0.3) is 11.4 Å². The standard InChI is InChI=1S/C20H19N5OS/c1-13-8-4-6-10-16(13)18-23-24-20(25(18)3)27-14(2)19(26)22-17-11-7-5-9-15(17)12-21/h4-11,14H,1-3H3,(H,22,26). The van der Waals surface area contributed by atoms with E-state index in [9.17, 15) is 4.79 Å². The summed E-state index contributed by atoms with van der Waals surface area (Å²) in [6.45, 7) is 3.83. The van der Waals surface area contributed by atoms with Crippen molar-refractivity contribution >= 4 is 23.4 Å². The molecule has 0 bridgehead atoms. The molecule has 2 aromatic carbocycles. The van der Waals surface area contributed by atoms with Crippen LogP contribution in [-0.2, 0) is 11.8 Å². The van der Waals surface area contributed by atoms with Gasteiger partial charge in [0.05, 0.1) is 16.5 Å². The molecule has 6 nitrogen and oxygen atoms in total. The smallest absolute Gasteiger partial charge is 0.237 e. The van der Waals surface area contributed by atoms with Gasteiger partial charge in [-0.1, -0.05) is 48.2 Å². The second kappa shape index (κ2) is 8.06. The zero-order valence-electron chi connectivity index (χ0n) is 15.3. The van der Waals surface area contributed by atoms with Crippen LogP contribution in [-0.4, -0.2) is 25.9 Å².